The molecule has 22 heavy (non-hydrogen) atoms. The van der Waals surface area contributed by atoms with Crippen LogP contribution in [-0.4, -0.2) is 12.8 Å². The first-order valence-corrected chi connectivity index (χ1v) is 7.36. The molecule has 3 rings (SSSR count). The molecule has 1 N–H and O–H groups in total. The van der Waals surface area contributed by atoms with E-state index in [1.807, 2.05) is 49.4 Å². The number of ether oxygens (including phenoxy) is 1. The molecule has 0 aliphatic rings. The summed E-state index contributed by atoms with van der Waals surface area (Å²) in [6, 6.07) is 22.3. The molecule has 0 saturated carbocycles. The standard InChI is InChI=1S/C19H18N2O/c1-2-22-19-11-7-15(8-12-19)14-20-21-18-10-9-16-5-3-4-6-17(16)13-18/h3-14,21H,2H2,1H3/b20-14-. The maximum Gasteiger partial charge on any atom is 0.119 e. The topological polar surface area (TPSA) is 33.6 Å². The van der Waals surface area contributed by atoms with Crippen LogP contribution in [0.25, 0.3) is 10.8 Å². The average Bonchev–Trinajstić information content (AvgIpc) is 2.57. The van der Waals surface area contributed by atoms with Gasteiger partial charge < -0.3 is 4.74 Å². The Hall–Kier alpha value is -2.81. The smallest absolute Gasteiger partial charge is 0.119 e. The van der Waals surface area contributed by atoms with Crippen LogP contribution in [0.15, 0.2) is 71.8 Å². The third-order valence-electron chi connectivity index (χ3n) is 3.35. The number of nitrogens with one attached hydrogen (secondary N) is 1. The highest BCUT2D eigenvalue weighted by atomic mass is 16.5. The highest BCUT2D eigenvalue weighted by Gasteiger charge is 1.95. The lowest BCUT2D eigenvalue weighted by atomic mass is 10.1. The molecule has 3 nitrogen and oxygen atoms in total. The lowest BCUT2D eigenvalue weighted by Crippen LogP contribution is -1.93. The molecule has 0 aliphatic carbocycles. The molecule has 0 aromatic heterocycles. The summed E-state index contributed by atoms with van der Waals surface area (Å²) in [6.07, 6.45) is 1.80. The van der Waals surface area contributed by atoms with Crippen molar-refractivity contribution in [3.05, 3.63) is 72.3 Å². The third kappa shape index (κ3) is 3.44. The highest BCUT2D eigenvalue weighted by molar-refractivity contribution is 5.86. The minimum Gasteiger partial charge on any atom is -0.494 e. The van der Waals surface area contributed by atoms with Crippen molar-refractivity contribution in [1.82, 2.24) is 0 Å². The zero-order chi connectivity index (χ0) is 15.2. The quantitative estimate of drug-likeness (QED) is 0.546. The van der Waals surface area contributed by atoms with Gasteiger partial charge in [0.15, 0.2) is 0 Å². The Morgan fingerprint density at radius 3 is 2.50 bits per heavy atom. The van der Waals surface area contributed by atoms with E-state index in [9.17, 15) is 0 Å². The third-order valence-corrected chi connectivity index (χ3v) is 3.35. The van der Waals surface area contributed by atoms with Gasteiger partial charge in [0.1, 0.15) is 5.75 Å². The molecule has 0 amide bonds. The second-order valence-corrected chi connectivity index (χ2v) is 4.93. The molecule has 0 saturated heterocycles. The zero-order valence-electron chi connectivity index (χ0n) is 12.5. The molecule has 3 aromatic carbocycles. The van der Waals surface area contributed by atoms with E-state index in [2.05, 4.69) is 34.8 Å². The van der Waals surface area contributed by atoms with Gasteiger partial charge in [0, 0.05) is 0 Å². The number of rotatable bonds is 5. The van der Waals surface area contributed by atoms with E-state index < -0.39 is 0 Å². The summed E-state index contributed by atoms with van der Waals surface area (Å²) < 4.78 is 5.42. The van der Waals surface area contributed by atoms with Crippen LogP contribution in [0.5, 0.6) is 5.75 Å². The summed E-state index contributed by atoms with van der Waals surface area (Å²) in [4.78, 5) is 0. The number of nitrogens with zero attached hydrogens (tertiary/aromatic N) is 1. The number of hydrazone groups is 1. The molecule has 0 radical (unpaired) electrons. The van der Waals surface area contributed by atoms with Gasteiger partial charge in [-0.05, 0) is 59.7 Å². The Morgan fingerprint density at radius 2 is 1.73 bits per heavy atom. The van der Waals surface area contributed by atoms with Crippen LogP contribution in [0.1, 0.15) is 12.5 Å². The fourth-order valence-corrected chi connectivity index (χ4v) is 2.26. The molecule has 0 fully saturated rings. The Labute approximate surface area is 130 Å². The molecule has 0 heterocycles. The Kier molecular flexibility index (Phi) is 4.35. The number of fused-ring (bicyclic) bond motifs is 1. The fourth-order valence-electron chi connectivity index (χ4n) is 2.26. The monoisotopic (exact) mass is 290 g/mol. The van der Waals surface area contributed by atoms with Crippen molar-refractivity contribution in [1.29, 1.82) is 0 Å². The normalized spacial score (nSPS) is 11.0. The molecule has 3 heteroatoms. The molecule has 3 aromatic rings. The average molecular weight is 290 g/mol. The van der Waals surface area contributed by atoms with Crippen LogP contribution in [0.3, 0.4) is 0 Å². The predicted octanol–water partition coefficient (Wildman–Crippen LogP) is 4.68. The van der Waals surface area contributed by atoms with Crippen molar-refractivity contribution in [3.63, 3.8) is 0 Å². The molecular weight excluding hydrogens is 272 g/mol. The van der Waals surface area contributed by atoms with Gasteiger partial charge in [-0.1, -0.05) is 30.3 Å². The molecule has 110 valence electrons. The van der Waals surface area contributed by atoms with E-state index in [1.165, 1.54) is 10.8 Å². The number of hydrogen-bond donors (Lipinski definition) is 1. The zero-order valence-corrected chi connectivity index (χ0v) is 12.5. The van der Waals surface area contributed by atoms with Crippen molar-refractivity contribution in [2.75, 3.05) is 12.0 Å². The summed E-state index contributed by atoms with van der Waals surface area (Å²) in [5, 5.41) is 6.70. The summed E-state index contributed by atoms with van der Waals surface area (Å²) in [6.45, 7) is 2.65. The van der Waals surface area contributed by atoms with Crippen molar-refractivity contribution >= 4 is 22.7 Å². The first kappa shape index (κ1) is 14.1. The van der Waals surface area contributed by atoms with E-state index in [0.29, 0.717) is 6.61 Å². The Bertz CT molecular complexity index is 779. The highest BCUT2D eigenvalue weighted by Crippen LogP contribution is 2.18. The first-order chi connectivity index (χ1) is 10.8. The Morgan fingerprint density at radius 1 is 0.955 bits per heavy atom. The van der Waals surface area contributed by atoms with Gasteiger partial charge in [-0.2, -0.15) is 5.10 Å². The lowest BCUT2D eigenvalue weighted by Gasteiger charge is -2.03. The predicted molar refractivity (Wildman–Crippen MR) is 92.8 cm³/mol. The van der Waals surface area contributed by atoms with Crippen LogP contribution >= 0.6 is 0 Å². The van der Waals surface area contributed by atoms with E-state index in [-0.39, 0.29) is 0 Å². The maximum absolute atomic E-state index is 5.42. The van der Waals surface area contributed by atoms with Gasteiger partial charge in [0.2, 0.25) is 0 Å². The fraction of sp³-hybridized carbons (Fsp3) is 0.105. The lowest BCUT2D eigenvalue weighted by molar-refractivity contribution is 0.340. The van der Waals surface area contributed by atoms with E-state index in [1.54, 1.807) is 6.21 Å². The van der Waals surface area contributed by atoms with E-state index in [4.69, 9.17) is 4.74 Å². The van der Waals surface area contributed by atoms with Gasteiger partial charge in [0.05, 0.1) is 18.5 Å². The van der Waals surface area contributed by atoms with Crippen LogP contribution in [-0.2, 0) is 0 Å². The van der Waals surface area contributed by atoms with Crippen LogP contribution in [0.2, 0.25) is 0 Å². The number of benzene rings is 3. The van der Waals surface area contributed by atoms with Gasteiger partial charge in [-0.15, -0.1) is 0 Å². The SMILES string of the molecule is CCOc1ccc(/C=N\Nc2ccc3ccccc3c2)cc1. The number of hydrogen-bond acceptors (Lipinski definition) is 3. The van der Waals surface area contributed by atoms with Crippen LogP contribution < -0.4 is 10.2 Å². The van der Waals surface area contributed by atoms with Gasteiger partial charge >= 0.3 is 0 Å². The van der Waals surface area contributed by atoms with Crippen molar-refractivity contribution in [3.8, 4) is 5.75 Å². The molecule has 0 atom stereocenters. The minimum absolute atomic E-state index is 0.678. The first-order valence-electron chi connectivity index (χ1n) is 7.36. The summed E-state index contributed by atoms with van der Waals surface area (Å²) in [5.74, 6) is 0.877. The number of anilines is 1. The Balaban J connectivity index is 1.67. The van der Waals surface area contributed by atoms with E-state index >= 15 is 0 Å². The summed E-state index contributed by atoms with van der Waals surface area (Å²) in [5.41, 5.74) is 5.06. The van der Waals surface area contributed by atoms with Crippen molar-refractivity contribution in [2.24, 2.45) is 5.10 Å². The van der Waals surface area contributed by atoms with Gasteiger partial charge in [-0.3, -0.25) is 5.43 Å². The maximum atomic E-state index is 5.42. The molecule has 0 spiro atoms. The molecular formula is C19H18N2O. The van der Waals surface area contributed by atoms with Crippen LogP contribution in [0, 0.1) is 0 Å². The summed E-state index contributed by atoms with van der Waals surface area (Å²) >= 11 is 0. The largest absolute Gasteiger partial charge is 0.494 e. The molecule has 0 aliphatic heterocycles. The molecule has 0 bridgehead atoms. The van der Waals surface area contributed by atoms with Crippen LogP contribution in [0.4, 0.5) is 5.69 Å². The van der Waals surface area contributed by atoms with Gasteiger partial charge in [0.25, 0.3) is 0 Å². The van der Waals surface area contributed by atoms with Crippen molar-refractivity contribution < 1.29 is 4.74 Å². The molecule has 0 unspecified atom stereocenters. The van der Waals surface area contributed by atoms with Gasteiger partial charge in [-0.25, -0.2) is 0 Å². The summed E-state index contributed by atoms with van der Waals surface area (Å²) in [7, 11) is 0. The second-order valence-electron chi connectivity index (χ2n) is 4.93. The minimum atomic E-state index is 0.678. The second kappa shape index (κ2) is 6.76. The van der Waals surface area contributed by atoms with Crippen molar-refractivity contribution in [2.45, 2.75) is 6.92 Å². The van der Waals surface area contributed by atoms with E-state index in [0.717, 1.165) is 17.0 Å².